The lowest BCUT2D eigenvalue weighted by Crippen LogP contribution is -2.03. The minimum atomic E-state index is -1.11. The Morgan fingerprint density at radius 1 is 1.17 bits per heavy atom. The first kappa shape index (κ1) is 14.6. The number of thioether (sulfide) groups is 1. The molecule has 2 N–H and O–H groups in total. The van der Waals surface area contributed by atoms with Crippen molar-refractivity contribution in [1.82, 2.24) is 0 Å². The zero-order valence-corrected chi connectivity index (χ0v) is 11.2. The molecule has 0 bridgehead atoms. The van der Waals surface area contributed by atoms with Crippen LogP contribution in [0.15, 0.2) is 23.1 Å². The fraction of sp³-hybridized carbons (Fsp3) is 0.385. The van der Waals surface area contributed by atoms with E-state index in [1.807, 2.05) is 6.92 Å². The van der Waals surface area contributed by atoms with E-state index in [0.717, 1.165) is 12.8 Å². The van der Waals surface area contributed by atoms with Crippen molar-refractivity contribution >= 4 is 23.7 Å². The first-order valence-corrected chi connectivity index (χ1v) is 6.60. The Kier molecular flexibility index (Phi) is 5.22. The van der Waals surface area contributed by atoms with Crippen molar-refractivity contribution in [2.24, 2.45) is 0 Å². The molecular formula is C13H16O4S. The van der Waals surface area contributed by atoms with Gasteiger partial charge >= 0.3 is 11.9 Å². The zero-order valence-electron chi connectivity index (χ0n) is 10.3. The van der Waals surface area contributed by atoms with E-state index in [1.165, 1.54) is 30.0 Å². The Bertz CT molecular complexity index is 424. The Hall–Kier alpha value is -1.49. The van der Waals surface area contributed by atoms with E-state index >= 15 is 0 Å². The molecule has 0 spiro atoms. The zero-order chi connectivity index (χ0) is 13.7. The predicted molar refractivity (Wildman–Crippen MR) is 70.6 cm³/mol. The lowest BCUT2D eigenvalue weighted by Gasteiger charge is -2.11. The largest absolute Gasteiger partial charge is 0.478 e. The monoisotopic (exact) mass is 268 g/mol. The molecule has 0 aromatic heterocycles. The molecule has 1 unspecified atom stereocenters. The molecule has 1 aromatic rings. The maximum Gasteiger partial charge on any atom is 0.335 e. The van der Waals surface area contributed by atoms with Crippen molar-refractivity contribution < 1.29 is 19.8 Å². The normalized spacial score (nSPS) is 12.1. The van der Waals surface area contributed by atoms with Crippen LogP contribution in [-0.4, -0.2) is 27.4 Å². The number of aromatic carboxylic acids is 2. The highest BCUT2D eigenvalue weighted by Crippen LogP contribution is 2.28. The minimum absolute atomic E-state index is 0.0149. The summed E-state index contributed by atoms with van der Waals surface area (Å²) in [5.41, 5.74) is 0.0298. The van der Waals surface area contributed by atoms with Crippen molar-refractivity contribution in [2.45, 2.75) is 36.8 Å². The Labute approximate surface area is 110 Å². The van der Waals surface area contributed by atoms with Crippen LogP contribution in [0.2, 0.25) is 0 Å². The predicted octanol–water partition coefficient (Wildman–Crippen LogP) is 3.36. The number of carboxylic acid groups (broad SMARTS) is 2. The number of hydrogen-bond donors (Lipinski definition) is 2. The third kappa shape index (κ3) is 4.07. The van der Waals surface area contributed by atoms with Crippen LogP contribution >= 0.6 is 11.8 Å². The SMILES string of the molecule is CCCC(C)Sc1cc(C(=O)O)cc(C(=O)O)c1. The topological polar surface area (TPSA) is 74.6 Å². The molecule has 0 amide bonds. The van der Waals surface area contributed by atoms with Crippen molar-refractivity contribution in [3.63, 3.8) is 0 Å². The number of benzene rings is 1. The molecule has 0 aliphatic carbocycles. The molecular weight excluding hydrogens is 252 g/mol. The van der Waals surface area contributed by atoms with Crippen LogP contribution in [0.4, 0.5) is 0 Å². The van der Waals surface area contributed by atoms with Crippen molar-refractivity contribution in [1.29, 1.82) is 0 Å². The number of carboxylic acids is 2. The van der Waals surface area contributed by atoms with Gasteiger partial charge in [-0.1, -0.05) is 20.3 Å². The van der Waals surface area contributed by atoms with Gasteiger partial charge in [0.15, 0.2) is 0 Å². The molecule has 1 rings (SSSR count). The van der Waals surface area contributed by atoms with Gasteiger partial charge in [0.05, 0.1) is 11.1 Å². The molecule has 1 atom stereocenters. The van der Waals surface area contributed by atoms with Crippen LogP contribution in [0.5, 0.6) is 0 Å². The molecule has 98 valence electrons. The molecule has 0 saturated carbocycles. The van der Waals surface area contributed by atoms with Crippen LogP contribution in [0.1, 0.15) is 47.4 Å². The maximum atomic E-state index is 10.9. The van der Waals surface area contributed by atoms with E-state index < -0.39 is 11.9 Å². The summed E-state index contributed by atoms with van der Waals surface area (Å²) in [5.74, 6) is -2.22. The number of rotatable bonds is 6. The Morgan fingerprint density at radius 3 is 2.06 bits per heavy atom. The van der Waals surface area contributed by atoms with E-state index in [1.54, 1.807) is 0 Å². The second kappa shape index (κ2) is 6.44. The van der Waals surface area contributed by atoms with Gasteiger partial charge in [0, 0.05) is 10.1 Å². The lowest BCUT2D eigenvalue weighted by atomic mass is 10.1. The van der Waals surface area contributed by atoms with Gasteiger partial charge in [0.2, 0.25) is 0 Å². The molecule has 5 heteroatoms. The standard InChI is InChI=1S/C13H16O4S/c1-3-4-8(2)18-11-6-9(12(14)15)5-10(7-11)13(16)17/h5-8H,3-4H2,1-2H3,(H,14,15)(H,16,17). The van der Waals surface area contributed by atoms with Crippen molar-refractivity contribution in [3.8, 4) is 0 Å². The highest BCUT2D eigenvalue weighted by Gasteiger charge is 2.13. The Balaban J connectivity index is 3.03. The average Bonchev–Trinajstić information content (AvgIpc) is 2.28. The highest BCUT2D eigenvalue weighted by atomic mass is 32.2. The maximum absolute atomic E-state index is 10.9. The average molecular weight is 268 g/mol. The van der Waals surface area contributed by atoms with Crippen LogP contribution in [-0.2, 0) is 0 Å². The minimum Gasteiger partial charge on any atom is -0.478 e. The van der Waals surface area contributed by atoms with Crippen LogP contribution < -0.4 is 0 Å². The molecule has 0 fully saturated rings. The van der Waals surface area contributed by atoms with Gasteiger partial charge in [-0.05, 0) is 24.6 Å². The molecule has 0 aliphatic rings. The van der Waals surface area contributed by atoms with Gasteiger partial charge < -0.3 is 10.2 Å². The van der Waals surface area contributed by atoms with Gasteiger partial charge in [0.1, 0.15) is 0 Å². The first-order chi connectivity index (χ1) is 8.43. The molecule has 1 aromatic carbocycles. The summed E-state index contributed by atoms with van der Waals surface area (Å²) in [5, 5.41) is 18.2. The Morgan fingerprint density at radius 2 is 1.67 bits per heavy atom. The summed E-state index contributed by atoms with van der Waals surface area (Å²) in [4.78, 5) is 22.6. The van der Waals surface area contributed by atoms with E-state index in [2.05, 4.69) is 6.92 Å². The summed E-state index contributed by atoms with van der Waals surface area (Å²) < 4.78 is 0. The van der Waals surface area contributed by atoms with Gasteiger partial charge in [-0.3, -0.25) is 0 Å². The number of carbonyl (C=O) groups is 2. The van der Waals surface area contributed by atoms with Crippen molar-refractivity contribution in [2.75, 3.05) is 0 Å². The lowest BCUT2D eigenvalue weighted by molar-refractivity contribution is 0.0696. The van der Waals surface area contributed by atoms with E-state index in [4.69, 9.17) is 10.2 Å². The fourth-order valence-corrected chi connectivity index (χ4v) is 2.82. The van der Waals surface area contributed by atoms with E-state index in [9.17, 15) is 9.59 Å². The van der Waals surface area contributed by atoms with Gasteiger partial charge in [0.25, 0.3) is 0 Å². The first-order valence-electron chi connectivity index (χ1n) is 5.72. The molecule has 0 radical (unpaired) electrons. The quantitative estimate of drug-likeness (QED) is 0.774. The van der Waals surface area contributed by atoms with Crippen molar-refractivity contribution in [3.05, 3.63) is 29.3 Å². The molecule has 18 heavy (non-hydrogen) atoms. The fourth-order valence-electron chi connectivity index (χ4n) is 1.61. The number of hydrogen-bond acceptors (Lipinski definition) is 3. The summed E-state index contributed by atoms with van der Waals surface area (Å²) in [6, 6.07) is 4.22. The smallest absolute Gasteiger partial charge is 0.335 e. The molecule has 0 saturated heterocycles. The summed E-state index contributed by atoms with van der Waals surface area (Å²) in [6.07, 6.45) is 2.04. The molecule has 0 aliphatic heterocycles. The summed E-state index contributed by atoms with van der Waals surface area (Å²) in [6.45, 7) is 4.12. The molecule has 0 heterocycles. The second-order valence-electron chi connectivity index (χ2n) is 4.07. The molecule has 4 nitrogen and oxygen atoms in total. The van der Waals surface area contributed by atoms with Crippen LogP contribution in [0, 0.1) is 0 Å². The highest BCUT2D eigenvalue weighted by molar-refractivity contribution is 7.99. The van der Waals surface area contributed by atoms with E-state index in [-0.39, 0.29) is 11.1 Å². The summed E-state index contributed by atoms with van der Waals surface area (Å²) in [7, 11) is 0. The van der Waals surface area contributed by atoms with E-state index in [0.29, 0.717) is 10.1 Å². The van der Waals surface area contributed by atoms with Crippen LogP contribution in [0.25, 0.3) is 0 Å². The summed E-state index contributed by atoms with van der Waals surface area (Å²) >= 11 is 1.50. The van der Waals surface area contributed by atoms with Gasteiger partial charge in [-0.15, -0.1) is 11.8 Å². The third-order valence-electron chi connectivity index (χ3n) is 2.43. The van der Waals surface area contributed by atoms with Gasteiger partial charge in [-0.2, -0.15) is 0 Å². The second-order valence-corrected chi connectivity index (χ2v) is 5.59. The van der Waals surface area contributed by atoms with Crippen LogP contribution in [0.3, 0.4) is 0 Å². The third-order valence-corrected chi connectivity index (χ3v) is 3.58. The van der Waals surface area contributed by atoms with Gasteiger partial charge in [-0.25, -0.2) is 9.59 Å².